The van der Waals surface area contributed by atoms with E-state index < -0.39 is 15.9 Å². The molecule has 2 heterocycles. The Labute approximate surface area is 192 Å². The molecule has 1 fully saturated rings. The molecule has 172 valence electrons. The first-order chi connectivity index (χ1) is 16.0. The van der Waals surface area contributed by atoms with Gasteiger partial charge in [-0.15, -0.1) is 0 Å². The number of anilines is 3. The van der Waals surface area contributed by atoms with Crippen LogP contribution in [0.1, 0.15) is 29.8 Å². The zero-order chi connectivity index (χ0) is 23.3. The largest absolute Gasteiger partial charge is 0.495 e. The second-order valence-electron chi connectivity index (χ2n) is 7.58. The first-order valence-electron chi connectivity index (χ1n) is 10.6. The molecule has 9 nitrogen and oxygen atoms in total. The molecule has 3 aromatic rings. The van der Waals surface area contributed by atoms with E-state index in [4.69, 9.17) is 4.74 Å². The Morgan fingerprint density at radius 3 is 2.58 bits per heavy atom. The predicted octanol–water partition coefficient (Wildman–Crippen LogP) is 3.53. The van der Waals surface area contributed by atoms with Crippen LogP contribution < -0.4 is 19.7 Å². The number of nitrogens with zero attached hydrogens (tertiary/aromatic N) is 3. The fraction of sp³-hybridized carbons (Fsp3) is 0.261. The Bertz CT molecular complexity index is 1230. The van der Waals surface area contributed by atoms with Crippen LogP contribution in [0.25, 0.3) is 0 Å². The van der Waals surface area contributed by atoms with Gasteiger partial charge in [0.25, 0.3) is 15.9 Å². The zero-order valence-corrected chi connectivity index (χ0v) is 19.0. The van der Waals surface area contributed by atoms with Crippen LogP contribution in [0.15, 0.2) is 66.0 Å². The molecule has 0 aliphatic carbocycles. The van der Waals surface area contributed by atoms with Crippen LogP contribution in [0.4, 0.5) is 17.1 Å². The van der Waals surface area contributed by atoms with Crippen molar-refractivity contribution in [3.63, 3.8) is 0 Å². The number of hydrogen-bond donors (Lipinski definition) is 2. The van der Waals surface area contributed by atoms with Crippen molar-refractivity contribution in [2.45, 2.75) is 24.2 Å². The summed E-state index contributed by atoms with van der Waals surface area (Å²) in [4.78, 5) is 22.6. The monoisotopic (exact) mass is 467 g/mol. The third kappa shape index (κ3) is 5.23. The quantitative estimate of drug-likeness (QED) is 0.546. The molecule has 0 unspecified atom stereocenters. The van der Waals surface area contributed by atoms with E-state index in [1.54, 1.807) is 36.4 Å². The van der Waals surface area contributed by atoms with Gasteiger partial charge in [0.15, 0.2) is 0 Å². The fourth-order valence-electron chi connectivity index (χ4n) is 3.74. The standard InChI is InChI=1S/C23H25N5O4S/c1-32-21-8-4-3-7-18(21)27-33(30,31)22-15-17(26-23(29)19-16-24-11-12-25-19)9-10-20(22)28-13-5-2-6-14-28/h3-4,7-12,15-16,27H,2,5-6,13-14H2,1H3,(H,26,29). The molecule has 0 atom stereocenters. The molecule has 1 aromatic heterocycles. The van der Waals surface area contributed by atoms with Crippen molar-refractivity contribution >= 4 is 33.0 Å². The summed E-state index contributed by atoms with van der Waals surface area (Å²) in [5.41, 5.74) is 1.40. The molecule has 0 bridgehead atoms. The molecule has 1 aliphatic rings. The third-order valence-electron chi connectivity index (χ3n) is 5.35. The molecular weight excluding hydrogens is 442 g/mol. The minimum absolute atomic E-state index is 0.0762. The van der Waals surface area contributed by atoms with Gasteiger partial charge in [0.2, 0.25) is 0 Å². The number of ether oxygens (including phenoxy) is 1. The average molecular weight is 468 g/mol. The van der Waals surface area contributed by atoms with E-state index in [1.807, 2.05) is 0 Å². The third-order valence-corrected chi connectivity index (χ3v) is 6.75. The summed E-state index contributed by atoms with van der Waals surface area (Å²) in [6.45, 7) is 1.53. The van der Waals surface area contributed by atoms with E-state index in [-0.39, 0.29) is 10.6 Å². The SMILES string of the molecule is COc1ccccc1NS(=O)(=O)c1cc(NC(=O)c2cnccn2)ccc1N1CCCCC1. The molecule has 4 rings (SSSR count). The zero-order valence-electron chi connectivity index (χ0n) is 18.2. The van der Waals surface area contributed by atoms with Gasteiger partial charge in [-0.1, -0.05) is 12.1 Å². The summed E-state index contributed by atoms with van der Waals surface area (Å²) in [5.74, 6) is -0.0671. The topological polar surface area (TPSA) is 114 Å². The summed E-state index contributed by atoms with van der Waals surface area (Å²) in [6.07, 6.45) is 7.33. The van der Waals surface area contributed by atoms with Crippen LogP contribution in [0, 0.1) is 0 Å². The van der Waals surface area contributed by atoms with E-state index in [0.29, 0.717) is 22.8 Å². The van der Waals surface area contributed by atoms with E-state index in [9.17, 15) is 13.2 Å². The van der Waals surface area contributed by atoms with Gasteiger partial charge in [-0.25, -0.2) is 13.4 Å². The van der Waals surface area contributed by atoms with Crippen LogP contribution in [-0.2, 0) is 10.0 Å². The maximum absolute atomic E-state index is 13.5. The number of para-hydroxylation sites is 2. The van der Waals surface area contributed by atoms with Crippen molar-refractivity contribution in [1.82, 2.24) is 9.97 Å². The number of methoxy groups -OCH3 is 1. The van der Waals surface area contributed by atoms with Crippen molar-refractivity contribution in [2.75, 3.05) is 35.1 Å². The number of carbonyl (C=O) groups is 1. The van der Waals surface area contributed by atoms with Crippen LogP contribution in [0.5, 0.6) is 5.75 Å². The van der Waals surface area contributed by atoms with E-state index in [0.717, 1.165) is 32.4 Å². The van der Waals surface area contributed by atoms with Gasteiger partial charge in [-0.05, 0) is 49.6 Å². The Morgan fingerprint density at radius 2 is 1.85 bits per heavy atom. The lowest BCUT2D eigenvalue weighted by Gasteiger charge is -2.30. The highest BCUT2D eigenvalue weighted by atomic mass is 32.2. The average Bonchev–Trinajstić information content (AvgIpc) is 2.85. The van der Waals surface area contributed by atoms with Gasteiger partial charge in [0, 0.05) is 31.2 Å². The molecule has 10 heteroatoms. The minimum atomic E-state index is -4.00. The van der Waals surface area contributed by atoms with Crippen LogP contribution >= 0.6 is 0 Å². The molecule has 2 N–H and O–H groups in total. The number of benzene rings is 2. The van der Waals surface area contributed by atoms with Crippen molar-refractivity contribution in [2.24, 2.45) is 0 Å². The van der Waals surface area contributed by atoms with E-state index >= 15 is 0 Å². The van der Waals surface area contributed by atoms with E-state index in [1.165, 1.54) is 31.8 Å². The second-order valence-corrected chi connectivity index (χ2v) is 9.23. The lowest BCUT2D eigenvalue weighted by Crippen LogP contribution is -2.31. The number of piperidine rings is 1. The number of nitrogens with one attached hydrogen (secondary N) is 2. The van der Waals surface area contributed by atoms with Gasteiger partial charge >= 0.3 is 0 Å². The summed E-state index contributed by atoms with van der Waals surface area (Å²) >= 11 is 0. The summed E-state index contributed by atoms with van der Waals surface area (Å²) in [5, 5.41) is 2.71. The molecular formula is C23H25N5O4S. The molecule has 2 aromatic carbocycles. The number of carbonyl (C=O) groups excluding carboxylic acids is 1. The number of hydrogen-bond acceptors (Lipinski definition) is 7. The minimum Gasteiger partial charge on any atom is -0.495 e. The Kier molecular flexibility index (Phi) is 6.74. The maximum Gasteiger partial charge on any atom is 0.275 e. The molecule has 0 saturated carbocycles. The summed E-state index contributed by atoms with van der Waals surface area (Å²) in [7, 11) is -2.52. The maximum atomic E-state index is 13.5. The Hall–Kier alpha value is -3.66. The predicted molar refractivity (Wildman–Crippen MR) is 126 cm³/mol. The van der Waals surface area contributed by atoms with Crippen molar-refractivity contribution < 1.29 is 17.9 Å². The molecule has 1 amide bonds. The van der Waals surface area contributed by atoms with Gasteiger partial charge in [0.05, 0.1) is 24.7 Å². The molecule has 1 aliphatic heterocycles. The molecule has 1 saturated heterocycles. The van der Waals surface area contributed by atoms with Crippen LogP contribution in [0.3, 0.4) is 0 Å². The van der Waals surface area contributed by atoms with Gasteiger partial charge in [-0.2, -0.15) is 0 Å². The lowest BCUT2D eigenvalue weighted by molar-refractivity contribution is 0.102. The normalized spacial score (nSPS) is 13.9. The fourth-order valence-corrected chi connectivity index (χ4v) is 5.07. The first kappa shape index (κ1) is 22.5. The summed E-state index contributed by atoms with van der Waals surface area (Å²) < 4.78 is 34.9. The Balaban J connectivity index is 1.71. The van der Waals surface area contributed by atoms with Crippen molar-refractivity contribution in [3.8, 4) is 5.75 Å². The molecule has 33 heavy (non-hydrogen) atoms. The number of rotatable bonds is 7. The van der Waals surface area contributed by atoms with E-state index in [2.05, 4.69) is 24.9 Å². The lowest BCUT2D eigenvalue weighted by atomic mass is 10.1. The number of sulfonamides is 1. The highest BCUT2D eigenvalue weighted by molar-refractivity contribution is 7.93. The van der Waals surface area contributed by atoms with Gasteiger partial charge in [0.1, 0.15) is 16.3 Å². The Morgan fingerprint density at radius 1 is 1.06 bits per heavy atom. The molecule has 0 spiro atoms. The van der Waals surface area contributed by atoms with Gasteiger partial charge < -0.3 is 15.0 Å². The second kappa shape index (κ2) is 9.86. The smallest absolute Gasteiger partial charge is 0.275 e. The van der Waals surface area contributed by atoms with Crippen LogP contribution in [-0.4, -0.2) is 44.5 Å². The number of amides is 1. The number of aromatic nitrogens is 2. The summed E-state index contributed by atoms with van der Waals surface area (Å²) in [6, 6.07) is 11.7. The van der Waals surface area contributed by atoms with Gasteiger partial charge in [-0.3, -0.25) is 14.5 Å². The van der Waals surface area contributed by atoms with Crippen molar-refractivity contribution in [3.05, 3.63) is 66.7 Å². The highest BCUT2D eigenvalue weighted by Gasteiger charge is 2.25. The van der Waals surface area contributed by atoms with Crippen LogP contribution in [0.2, 0.25) is 0 Å². The first-order valence-corrected chi connectivity index (χ1v) is 12.1. The molecule has 0 radical (unpaired) electrons. The van der Waals surface area contributed by atoms with Crippen molar-refractivity contribution in [1.29, 1.82) is 0 Å². The highest BCUT2D eigenvalue weighted by Crippen LogP contribution is 2.33.